The van der Waals surface area contributed by atoms with Gasteiger partial charge in [0.1, 0.15) is 6.61 Å². The molecule has 0 saturated carbocycles. The second-order valence-electron chi connectivity index (χ2n) is 7.54. The number of carbonyl (C=O) groups excluding carboxylic acids is 2. The van der Waals surface area contributed by atoms with Crippen molar-refractivity contribution in [2.45, 2.75) is 37.5 Å². The molecule has 8 heteroatoms. The Morgan fingerprint density at radius 2 is 1.48 bits per heavy atom. The molecule has 0 fully saturated rings. The van der Waals surface area contributed by atoms with Gasteiger partial charge < -0.3 is 9.47 Å². The average Bonchev–Trinajstić information content (AvgIpc) is 2.78. The summed E-state index contributed by atoms with van der Waals surface area (Å²) in [4.78, 5) is 24.9. The predicted octanol–water partition coefficient (Wildman–Crippen LogP) is 5.06. The molecule has 0 N–H and O–H groups in total. The molecular weight excluding hydrogens is 508 g/mol. The Morgan fingerprint density at radius 3 is 2.06 bits per heavy atom. The van der Waals surface area contributed by atoms with Gasteiger partial charge >= 0.3 is 11.9 Å². The van der Waals surface area contributed by atoms with Crippen LogP contribution < -0.4 is 0 Å². The fourth-order valence-electron chi connectivity index (χ4n) is 3.18. The topological polar surface area (TPSA) is 86.7 Å². The molecule has 0 saturated heterocycles. The van der Waals surface area contributed by atoms with E-state index in [9.17, 15) is 18.0 Å². The van der Waals surface area contributed by atoms with E-state index >= 15 is 0 Å². The molecular formula is C25H29BrO6S. The third-order valence-corrected chi connectivity index (χ3v) is 6.57. The molecule has 0 bridgehead atoms. The fraction of sp³-hybridized carbons (Fsp3) is 0.360. The normalized spacial score (nSPS) is 12.1. The SMILES string of the molecule is CC(=O)OCC(=C(C(=O)OCCCCCCBr)c1ccccc1)c1ccc(S(C)(=O)=O)cc1. The average molecular weight is 537 g/mol. The highest BCUT2D eigenvalue weighted by Gasteiger charge is 2.22. The van der Waals surface area contributed by atoms with Crippen molar-refractivity contribution in [3.8, 4) is 0 Å². The first kappa shape index (κ1) is 26.8. The van der Waals surface area contributed by atoms with E-state index in [1.807, 2.05) is 6.07 Å². The van der Waals surface area contributed by atoms with Gasteiger partial charge in [-0.15, -0.1) is 0 Å². The van der Waals surface area contributed by atoms with Crippen LogP contribution in [0.4, 0.5) is 0 Å². The summed E-state index contributed by atoms with van der Waals surface area (Å²) in [5.41, 5.74) is 1.91. The van der Waals surface area contributed by atoms with Crippen LogP contribution in [0, 0.1) is 0 Å². The van der Waals surface area contributed by atoms with Gasteiger partial charge in [-0.25, -0.2) is 13.2 Å². The van der Waals surface area contributed by atoms with Crippen molar-refractivity contribution in [1.82, 2.24) is 0 Å². The van der Waals surface area contributed by atoms with Gasteiger partial charge in [0.2, 0.25) is 0 Å². The molecule has 0 heterocycles. The van der Waals surface area contributed by atoms with Crippen molar-refractivity contribution in [1.29, 1.82) is 0 Å². The first-order valence-corrected chi connectivity index (χ1v) is 13.7. The van der Waals surface area contributed by atoms with Gasteiger partial charge in [0.15, 0.2) is 9.84 Å². The van der Waals surface area contributed by atoms with Crippen molar-refractivity contribution in [2.24, 2.45) is 0 Å². The van der Waals surface area contributed by atoms with Gasteiger partial charge in [-0.2, -0.15) is 0 Å². The molecule has 6 nitrogen and oxygen atoms in total. The summed E-state index contributed by atoms with van der Waals surface area (Å²) in [5.74, 6) is -1.01. The maximum atomic E-state index is 13.2. The highest BCUT2D eigenvalue weighted by molar-refractivity contribution is 9.09. The molecule has 0 aliphatic heterocycles. The van der Waals surface area contributed by atoms with E-state index < -0.39 is 21.8 Å². The smallest absolute Gasteiger partial charge is 0.339 e. The Labute approximate surface area is 204 Å². The zero-order chi connectivity index (χ0) is 24.3. The molecule has 2 rings (SSSR count). The van der Waals surface area contributed by atoms with Crippen molar-refractivity contribution in [2.75, 3.05) is 24.8 Å². The molecule has 0 spiro atoms. The lowest BCUT2D eigenvalue weighted by Gasteiger charge is -2.16. The third kappa shape index (κ3) is 8.78. The molecule has 178 valence electrons. The Kier molecular flexibility index (Phi) is 10.8. The quantitative estimate of drug-likeness (QED) is 0.124. The number of unbranched alkanes of at least 4 members (excludes halogenated alkanes) is 3. The zero-order valence-electron chi connectivity index (χ0n) is 18.9. The van der Waals surface area contributed by atoms with E-state index in [0.717, 1.165) is 37.3 Å². The Hall–Kier alpha value is -2.45. The Balaban J connectivity index is 2.45. The summed E-state index contributed by atoms with van der Waals surface area (Å²) >= 11 is 3.40. The van der Waals surface area contributed by atoms with Gasteiger partial charge in [-0.1, -0.05) is 71.2 Å². The maximum absolute atomic E-state index is 13.2. The number of rotatable bonds is 12. The minimum Gasteiger partial charge on any atom is -0.462 e. The lowest BCUT2D eigenvalue weighted by Crippen LogP contribution is -2.14. The van der Waals surface area contributed by atoms with Crippen molar-refractivity contribution in [3.63, 3.8) is 0 Å². The first-order chi connectivity index (χ1) is 15.7. The van der Waals surface area contributed by atoms with Crippen molar-refractivity contribution < 1.29 is 27.5 Å². The first-order valence-electron chi connectivity index (χ1n) is 10.7. The fourth-order valence-corrected chi connectivity index (χ4v) is 4.21. The summed E-state index contributed by atoms with van der Waals surface area (Å²) in [7, 11) is -3.38. The number of sulfone groups is 1. The van der Waals surface area contributed by atoms with Crippen LogP contribution in [0.1, 0.15) is 43.7 Å². The summed E-state index contributed by atoms with van der Waals surface area (Å²) in [5, 5.41) is 0.950. The molecule has 0 aliphatic rings. The van der Waals surface area contributed by atoms with Gasteiger partial charge in [0.25, 0.3) is 0 Å². The van der Waals surface area contributed by atoms with Crippen LogP contribution in [0.25, 0.3) is 11.1 Å². The lowest BCUT2D eigenvalue weighted by molar-refractivity contribution is -0.140. The predicted molar refractivity (Wildman–Crippen MR) is 133 cm³/mol. The number of hydrogen-bond donors (Lipinski definition) is 0. The molecule has 2 aromatic carbocycles. The molecule has 2 aromatic rings. The summed E-state index contributed by atoms with van der Waals surface area (Å²) in [6, 6.07) is 15.2. The van der Waals surface area contributed by atoms with Crippen molar-refractivity contribution >= 4 is 48.9 Å². The highest BCUT2D eigenvalue weighted by atomic mass is 79.9. The molecule has 0 radical (unpaired) electrons. The number of alkyl halides is 1. The van der Waals surface area contributed by atoms with Crippen LogP contribution >= 0.6 is 15.9 Å². The maximum Gasteiger partial charge on any atom is 0.339 e. The Bertz CT molecular complexity index is 1060. The molecule has 33 heavy (non-hydrogen) atoms. The molecule has 0 aromatic heterocycles. The number of benzene rings is 2. The van der Waals surface area contributed by atoms with Crippen LogP contribution in [0.5, 0.6) is 0 Å². The van der Waals surface area contributed by atoms with E-state index in [-0.39, 0.29) is 23.7 Å². The van der Waals surface area contributed by atoms with Gasteiger partial charge in [-0.3, -0.25) is 4.79 Å². The van der Waals surface area contributed by atoms with Crippen LogP contribution in [-0.4, -0.2) is 45.2 Å². The Morgan fingerprint density at radius 1 is 0.848 bits per heavy atom. The largest absolute Gasteiger partial charge is 0.462 e. The third-order valence-electron chi connectivity index (χ3n) is 4.88. The molecule has 0 aliphatic carbocycles. The van der Waals surface area contributed by atoms with E-state index in [4.69, 9.17) is 9.47 Å². The van der Waals surface area contributed by atoms with Gasteiger partial charge in [-0.05, 0) is 36.1 Å². The number of halogens is 1. The van der Waals surface area contributed by atoms with Crippen LogP contribution in [0.2, 0.25) is 0 Å². The minimum atomic E-state index is -3.38. The highest BCUT2D eigenvalue weighted by Crippen LogP contribution is 2.29. The number of esters is 2. The molecule has 0 atom stereocenters. The summed E-state index contributed by atoms with van der Waals surface area (Å²) in [6.07, 6.45) is 4.95. The standard InChI is InChI=1S/C25H29BrO6S/c1-19(27)32-18-23(20-12-14-22(15-13-20)33(2,29)30)24(21-10-6-5-7-11-21)25(28)31-17-9-4-3-8-16-26/h5-7,10-15H,3-4,8-9,16-18H2,1-2H3. The van der Waals surface area contributed by atoms with Crippen LogP contribution in [-0.2, 0) is 28.9 Å². The number of ether oxygens (including phenoxy) is 2. The van der Waals surface area contributed by atoms with Gasteiger partial charge in [0.05, 0.1) is 17.1 Å². The molecule has 0 unspecified atom stereocenters. The summed E-state index contributed by atoms with van der Waals surface area (Å²) in [6.45, 7) is 1.42. The number of carbonyl (C=O) groups is 2. The second kappa shape index (κ2) is 13.3. The van der Waals surface area contributed by atoms with Gasteiger partial charge in [0, 0.05) is 24.1 Å². The van der Waals surface area contributed by atoms with Crippen molar-refractivity contribution in [3.05, 3.63) is 65.7 Å². The number of hydrogen-bond acceptors (Lipinski definition) is 6. The lowest BCUT2D eigenvalue weighted by atomic mass is 9.95. The van der Waals surface area contributed by atoms with Crippen LogP contribution in [0.3, 0.4) is 0 Å². The zero-order valence-corrected chi connectivity index (χ0v) is 21.3. The second-order valence-corrected chi connectivity index (χ2v) is 10.3. The summed E-state index contributed by atoms with van der Waals surface area (Å²) < 4.78 is 34.5. The van der Waals surface area contributed by atoms with Crippen LogP contribution in [0.15, 0.2) is 59.5 Å². The molecule has 0 amide bonds. The van der Waals surface area contributed by atoms with E-state index in [1.165, 1.54) is 19.1 Å². The van der Waals surface area contributed by atoms with E-state index in [2.05, 4.69) is 15.9 Å². The monoisotopic (exact) mass is 536 g/mol. The van der Waals surface area contributed by atoms with E-state index in [1.54, 1.807) is 36.4 Å². The van der Waals surface area contributed by atoms with E-state index in [0.29, 0.717) is 16.7 Å². The minimum absolute atomic E-state index is 0.155.